The van der Waals surface area contributed by atoms with Crippen molar-refractivity contribution in [1.82, 2.24) is 5.32 Å². The Kier molecular flexibility index (Phi) is 3.89. The Morgan fingerprint density at radius 2 is 2.11 bits per heavy atom. The van der Waals surface area contributed by atoms with E-state index in [4.69, 9.17) is 16.3 Å². The van der Waals surface area contributed by atoms with Crippen molar-refractivity contribution in [2.75, 3.05) is 6.54 Å². The van der Waals surface area contributed by atoms with Gasteiger partial charge in [0.25, 0.3) is 0 Å². The van der Waals surface area contributed by atoms with Crippen LogP contribution in [0.25, 0.3) is 0 Å². The lowest BCUT2D eigenvalue weighted by Gasteiger charge is -2.17. The van der Waals surface area contributed by atoms with Crippen LogP contribution in [-0.4, -0.2) is 6.54 Å². The zero-order chi connectivity index (χ0) is 13.2. The third kappa shape index (κ3) is 2.70. The van der Waals surface area contributed by atoms with Gasteiger partial charge >= 0.3 is 0 Å². The number of fused-ring (bicyclic) bond motifs is 1. The number of ether oxygens (including phenoxy) is 1. The van der Waals surface area contributed by atoms with E-state index in [1.54, 1.807) is 11.3 Å². The lowest BCUT2D eigenvalue weighted by atomic mass is 10.00. The van der Waals surface area contributed by atoms with E-state index >= 15 is 0 Å². The number of thiophene rings is 1. The first-order valence-corrected chi connectivity index (χ1v) is 7.65. The Balaban J connectivity index is 1.95. The molecule has 0 amide bonds. The van der Waals surface area contributed by atoms with E-state index in [0.717, 1.165) is 24.1 Å². The summed E-state index contributed by atoms with van der Waals surface area (Å²) >= 11 is 7.69. The zero-order valence-corrected chi connectivity index (χ0v) is 12.4. The van der Waals surface area contributed by atoms with Crippen LogP contribution in [0, 0.1) is 0 Å². The minimum absolute atomic E-state index is 0.216. The largest absolute Gasteiger partial charge is 0.372 e. The number of hydrogen-bond donors (Lipinski definition) is 1. The monoisotopic (exact) mass is 293 g/mol. The summed E-state index contributed by atoms with van der Waals surface area (Å²) in [7, 11) is 0. The highest BCUT2D eigenvalue weighted by Gasteiger charge is 2.18. The number of benzene rings is 1. The zero-order valence-electron chi connectivity index (χ0n) is 10.8. The molecule has 0 fully saturated rings. The molecule has 0 saturated heterocycles. The Morgan fingerprint density at radius 3 is 2.84 bits per heavy atom. The molecule has 2 aromatic rings. The van der Waals surface area contributed by atoms with Gasteiger partial charge in [-0.1, -0.05) is 36.7 Å². The predicted octanol–water partition coefficient (Wildman–Crippen LogP) is 4.13. The van der Waals surface area contributed by atoms with Crippen molar-refractivity contribution in [1.29, 1.82) is 0 Å². The molecule has 1 aliphatic rings. The summed E-state index contributed by atoms with van der Waals surface area (Å²) in [4.78, 5) is 1.26. The van der Waals surface area contributed by atoms with Gasteiger partial charge in [0, 0.05) is 4.88 Å². The lowest BCUT2D eigenvalue weighted by Crippen LogP contribution is -2.21. The van der Waals surface area contributed by atoms with Crippen LogP contribution >= 0.6 is 22.9 Å². The summed E-state index contributed by atoms with van der Waals surface area (Å²) in [6.07, 6.45) is 0. The van der Waals surface area contributed by atoms with Crippen LogP contribution in [0.15, 0.2) is 30.3 Å². The second kappa shape index (κ2) is 5.63. The summed E-state index contributed by atoms with van der Waals surface area (Å²) in [5.41, 5.74) is 3.90. The molecule has 19 heavy (non-hydrogen) atoms. The fraction of sp³-hybridized carbons (Fsp3) is 0.333. The Bertz CT molecular complexity index is 581. The fourth-order valence-corrected chi connectivity index (χ4v) is 3.61. The third-order valence-corrected chi connectivity index (χ3v) is 4.66. The van der Waals surface area contributed by atoms with E-state index in [0.29, 0.717) is 0 Å². The summed E-state index contributed by atoms with van der Waals surface area (Å²) < 4.78 is 6.32. The number of hydrogen-bond acceptors (Lipinski definition) is 3. The van der Waals surface area contributed by atoms with E-state index in [-0.39, 0.29) is 6.04 Å². The van der Waals surface area contributed by atoms with Crippen molar-refractivity contribution in [2.24, 2.45) is 0 Å². The molecule has 1 aromatic carbocycles. The molecule has 4 heteroatoms. The molecule has 0 spiro atoms. The Labute approximate surface area is 122 Å². The van der Waals surface area contributed by atoms with Crippen molar-refractivity contribution in [3.8, 4) is 0 Å². The molecule has 1 atom stereocenters. The van der Waals surface area contributed by atoms with Crippen LogP contribution in [-0.2, 0) is 18.0 Å². The highest BCUT2D eigenvalue weighted by Crippen LogP contribution is 2.32. The Morgan fingerprint density at radius 1 is 1.26 bits per heavy atom. The van der Waals surface area contributed by atoms with Gasteiger partial charge in [0.2, 0.25) is 0 Å². The van der Waals surface area contributed by atoms with E-state index in [2.05, 4.69) is 36.5 Å². The molecule has 1 N–H and O–H groups in total. The van der Waals surface area contributed by atoms with Gasteiger partial charge in [-0.05, 0) is 35.4 Å². The Hall–Kier alpha value is -0.870. The van der Waals surface area contributed by atoms with Gasteiger partial charge in [-0.25, -0.2) is 0 Å². The average molecular weight is 294 g/mol. The second-order valence-electron chi connectivity index (χ2n) is 4.65. The summed E-state index contributed by atoms with van der Waals surface area (Å²) in [6, 6.07) is 10.9. The normalized spacial score (nSPS) is 15.5. The molecular weight excluding hydrogens is 278 g/mol. The van der Waals surface area contributed by atoms with E-state index < -0.39 is 0 Å². The topological polar surface area (TPSA) is 21.3 Å². The molecule has 100 valence electrons. The highest BCUT2D eigenvalue weighted by molar-refractivity contribution is 7.16. The molecule has 1 aliphatic heterocycles. The molecule has 0 bridgehead atoms. The summed E-state index contributed by atoms with van der Waals surface area (Å²) in [5.74, 6) is 0. The molecule has 0 radical (unpaired) electrons. The lowest BCUT2D eigenvalue weighted by molar-refractivity contribution is 0.134. The molecule has 1 unspecified atom stereocenters. The average Bonchev–Trinajstić information content (AvgIpc) is 3.03. The fourth-order valence-electron chi connectivity index (χ4n) is 2.44. The predicted molar refractivity (Wildman–Crippen MR) is 79.8 cm³/mol. The summed E-state index contributed by atoms with van der Waals surface area (Å²) in [5, 5.41) is 3.53. The number of rotatable bonds is 4. The van der Waals surface area contributed by atoms with Crippen LogP contribution in [0.4, 0.5) is 0 Å². The minimum Gasteiger partial charge on any atom is -0.372 e. The van der Waals surface area contributed by atoms with Crippen LogP contribution in [0.3, 0.4) is 0 Å². The van der Waals surface area contributed by atoms with E-state index in [1.807, 2.05) is 6.07 Å². The van der Waals surface area contributed by atoms with Crippen molar-refractivity contribution < 1.29 is 4.74 Å². The van der Waals surface area contributed by atoms with Gasteiger partial charge in [-0.15, -0.1) is 11.3 Å². The molecular formula is C15H16ClNOS. The highest BCUT2D eigenvalue weighted by atomic mass is 35.5. The van der Waals surface area contributed by atoms with Crippen LogP contribution in [0.1, 0.15) is 34.5 Å². The van der Waals surface area contributed by atoms with Crippen molar-refractivity contribution in [3.05, 3.63) is 56.2 Å². The first kappa shape index (κ1) is 13.1. The molecule has 1 aromatic heterocycles. The van der Waals surface area contributed by atoms with Crippen LogP contribution in [0.2, 0.25) is 4.34 Å². The van der Waals surface area contributed by atoms with Crippen LogP contribution < -0.4 is 5.32 Å². The van der Waals surface area contributed by atoms with Gasteiger partial charge in [0.1, 0.15) is 0 Å². The minimum atomic E-state index is 0.216. The molecule has 0 saturated carbocycles. The summed E-state index contributed by atoms with van der Waals surface area (Å²) in [6.45, 7) is 4.52. The first-order valence-electron chi connectivity index (χ1n) is 6.46. The van der Waals surface area contributed by atoms with Crippen molar-refractivity contribution in [2.45, 2.75) is 26.2 Å². The molecule has 3 rings (SSSR count). The maximum atomic E-state index is 6.06. The van der Waals surface area contributed by atoms with Crippen LogP contribution in [0.5, 0.6) is 0 Å². The standard InChI is InChI=1S/C15H16ClNOS/c1-2-17-15(13-5-6-14(16)19-13)10-3-4-11-8-18-9-12(11)7-10/h3-7,15,17H,2,8-9H2,1H3. The van der Waals surface area contributed by atoms with Gasteiger partial charge in [0.15, 0.2) is 0 Å². The third-order valence-electron chi connectivity index (χ3n) is 3.37. The number of nitrogens with one attached hydrogen (secondary N) is 1. The molecule has 0 aliphatic carbocycles. The first-order chi connectivity index (χ1) is 9.28. The molecule has 2 nitrogen and oxygen atoms in total. The van der Waals surface area contributed by atoms with Gasteiger partial charge in [-0.2, -0.15) is 0 Å². The van der Waals surface area contributed by atoms with Gasteiger partial charge < -0.3 is 10.1 Å². The van der Waals surface area contributed by atoms with Gasteiger partial charge in [-0.3, -0.25) is 0 Å². The maximum absolute atomic E-state index is 6.06. The number of halogens is 1. The SMILES string of the molecule is CCNC(c1ccc2c(c1)COC2)c1ccc(Cl)s1. The van der Waals surface area contributed by atoms with Crippen molar-refractivity contribution >= 4 is 22.9 Å². The molecule has 2 heterocycles. The van der Waals surface area contributed by atoms with E-state index in [1.165, 1.54) is 21.6 Å². The van der Waals surface area contributed by atoms with Crippen molar-refractivity contribution in [3.63, 3.8) is 0 Å². The smallest absolute Gasteiger partial charge is 0.0931 e. The second-order valence-corrected chi connectivity index (χ2v) is 6.40. The van der Waals surface area contributed by atoms with Gasteiger partial charge in [0.05, 0.1) is 23.6 Å². The maximum Gasteiger partial charge on any atom is 0.0931 e. The quantitative estimate of drug-likeness (QED) is 0.915. The van der Waals surface area contributed by atoms with E-state index in [9.17, 15) is 0 Å².